The van der Waals surface area contributed by atoms with Gasteiger partial charge in [-0.15, -0.1) is 10.2 Å². The maximum Gasteiger partial charge on any atom is 0.191 e. The number of aromatic nitrogens is 3. The number of hydrogen-bond acceptors (Lipinski definition) is 3. The van der Waals surface area contributed by atoms with E-state index >= 15 is 0 Å². The number of aliphatic imine (C=N–C) groups is 1. The zero-order valence-electron chi connectivity index (χ0n) is 13.8. The molecule has 1 heterocycles. The van der Waals surface area contributed by atoms with Gasteiger partial charge in [-0.05, 0) is 18.6 Å². The van der Waals surface area contributed by atoms with Crippen LogP contribution < -0.4 is 10.6 Å². The Morgan fingerprint density at radius 3 is 2.87 bits per heavy atom. The van der Waals surface area contributed by atoms with Crippen molar-refractivity contribution in [3.05, 3.63) is 46.5 Å². The van der Waals surface area contributed by atoms with Gasteiger partial charge in [-0.25, -0.2) is 0 Å². The molecule has 0 amide bonds. The Morgan fingerprint density at radius 1 is 1.39 bits per heavy atom. The molecule has 2 aromatic rings. The third-order valence-electron chi connectivity index (χ3n) is 3.61. The summed E-state index contributed by atoms with van der Waals surface area (Å²) in [5, 5.41) is 14.8. The Balaban J connectivity index is 1.87. The van der Waals surface area contributed by atoms with Crippen LogP contribution in [0.1, 0.15) is 31.3 Å². The summed E-state index contributed by atoms with van der Waals surface area (Å²) in [6.45, 7) is 5.75. The zero-order chi connectivity index (χ0) is 16.7. The van der Waals surface area contributed by atoms with Gasteiger partial charge >= 0.3 is 0 Å². The van der Waals surface area contributed by atoms with Gasteiger partial charge in [0.05, 0.1) is 6.04 Å². The summed E-state index contributed by atoms with van der Waals surface area (Å²) >= 11 is 3.59. The predicted molar refractivity (Wildman–Crippen MR) is 96.5 cm³/mol. The van der Waals surface area contributed by atoms with Crippen molar-refractivity contribution in [2.75, 3.05) is 13.6 Å². The van der Waals surface area contributed by atoms with E-state index in [1.54, 1.807) is 13.4 Å². The van der Waals surface area contributed by atoms with Gasteiger partial charge in [0, 0.05) is 31.0 Å². The maximum atomic E-state index is 4.28. The summed E-state index contributed by atoms with van der Waals surface area (Å²) in [5.41, 5.74) is 1.20. The molecule has 23 heavy (non-hydrogen) atoms. The number of aryl methyl sites for hydroxylation is 1. The monoisotopic (exact) mass is 378 g/mol. The van der Waals surface area contributed by atoms with Gasteiger partial charge in [0.2, 0.25) is 0 Å². The fourth-order valence-electron chi connectivity index (χ4n) is 2.34. The van der Waals surface area contributed by atoms with Crippen LogP contribution in [-0.4, -0.2) is 34.3 Å². The van der Waals surface area contributed by atoms with Crippen molar-refractivity contribution in [3.63, 3.8) is 0 Å². The molecular formula is C16H23BrN6. The first-order valence-corrected chi connectivity index (χ1v) is 8.53. The van der Waals surface area contributed by atoms with Crippen molar-refractivity contribution < 1.29 is 0 Å². The molecule has 1 unspecified atom stereocenters. The predicted octanol–water partition coefficient (Wildman–Crippen LogP) is 2.53. The van der Waals surface area contributed by atoms with Gasteiger partial charge in [-0.3, -0.25) is 4.99 Å². The minimum absolute atomic E-state index is 0.151. The lowest BCUT2D eigenvalue weighted by atomic mass is 10.1. The highest BCUT2D eigenvalue weighted by molar-refractivity contribution is 9.10. The van der Waals surface area contributed by atoms with Gasteiger partial charge in [0.1, 0.15) is 12.2 Å². The fraction of sp³-hybridized carbons (Fsp3) is 0.438. The van der Waals surface area contributed by atoms with Crippen LogP contribution in [0.2, 0.25) is 0 Å². The van der Waals surface area contributed by atoms with Crippen molar-refractivity contribution in [1.29, 1.82) is 0 Å². The summed E-state index contributed by atoms with van der Waals surface area (Å²) in [5.74, 6) is 1.77. The highest BCUT2D eigenvalue weighted by Crippen LogP contribution is 2.22. The smallest absolute Gasteiger partial charge is 0.191 e. The van der Waals surface area contributed by atoms with Crippen LogP contribution in [0.15, 0.2) is 40.1 Å². The Bertz CT molecular complexity index is 652. The largest absolute Gasteiger partial charge is 0.355 e. The van der Waals surface area contributed by atoms with E-state index in [0.29, 0.717) is 0 Å². The van der Waals surface area contributed by atoms with Gasteiger partial charge in [0.25, 0.3) is 0 Å². The molecular weight excluding hydrogens is 356 g/mol. The van der Waals surface area contributed by atoms with E-state index in [-0.39, 0.29) is 6.04 Å². The highest BCUT2D eigenvalue weighted by Gasteiger charge is 2.10. The molecule has 124 valence electrons. The average molecular weight is 379 g/mol. The van der Waals surface area contributed by atoms with Crippen LogP contribution in [0.25, 0.3) is 0 Å². The van der Waals surface area contributed by atoms with Crippen molar-refractivity contribution in [2.24, 2.45) is 4.99 Å². The van der Waals surface area contributed by atoms with Gasteiger partial charge in [-0.1, -0.05) is 41.1 Å². The fourth-order valence-corrected chi connectivity index (χ4v) is 2.97. The zero-order valence-corrected chi connectivity index (χ0v) is 15.3. The molecule has 1 aromatic heterocycles. The van der Waals surface area contributed by atoms with Crippen molar-refractivity contribution in [1.82, 2.24) is 25.4 Å². The summed E-state index contributed by atoms with van der Waals surface area (Å²) in [6.07, 6.45) is 2.65. The number of hydrogen-bond donors (Lipinski definition) is 2. The highest BCUT2D eigenvalue weighted by atomic mass is 79.9. The molecule has 0 bridgehead atoms. The second-order valence-electron chi connectivity index (χ2n) is 5.18. The van der Waals surface area contributed by atoms with E-state index in [0.717, 1.165) is 35.8 Å². The minimum atomic E-state index is 0.151. The van der Waals surface area contributed by atoms with Crippen LogP contribution in [0.5, 0.6) is 0 Å². The molecule has 6 nitrogen and oxygen atoms in total. The number of nitrogens with one attached hydrogen (secondary N) is 2. The third kappa shape index (κ3) is 4.79. The van der Waals surface area contributed by atoms with Gasteiger partial charge in [-0.2, -0.15) is 0 Å². The summed E-state index contributed by atoms with van der Waals surface area (Å²) in [7, 11) is 1.78. The molecule has 1 aromatic carbocycles. The van der Waals surface area contributed by atoms with E-state index in [1.807, 2.05) is 18.2 Å². The van der Waals surface area contributed by atoms with Gasteiger partial charge < -0.3 is 15.2 Å². The normalized spacial score (nSPS) is 13.0. The topological polar surface area (TPSA) is 67.1 Å². The SMILES string of the molecule is CCc1nncn1CCNC(=NC)NC(C)c1ccccc1Br. The first kappa shape index (κ1) is 17.5. The first-order valence-electron chi connectivity index (χ1n) is 7.74. The van der Waals surface area contributed by atoms with Crippen LogP contribution in [0.3, 0.4) is 0 Å². The second-order valence-corrected chi connectivity index (χ2v) is 6.03. The standard InChI is InChI=1S/C16H23BrN6/c1-4-15-22-20-11-23(15)10-9-19-16(18-3)21-12(2)13-7-5-6-8-14(13)17/h5-8,11-12H,4,9-10H2,1-3H3,(H2,18,19,21). The first-order chi connectivity index (χ1) is 11.2. The van der Waals surface area contributed by atoms with E-state index in [1.165, 1.54) is 5.56 Å². The summed E-state index contributed by atoms with van der Waals surface area (Å²) < 4.78 is 3.14. The number of halogens is 1. The van der Waals surface area contributed by atoms with E-state index in [4.69, 9.17) is 0 Å². The van der Waals surface area contributed by atoms with Crippen LogP contribution in [0, 0.1) is 0 Å². The molecule has 0 saturated heterocycles. The molecule has 2 N–H and O–H groups in total. The minimum Gasteiger partial charge on any atom is -0.355 e. The molecule has 1 atom stereocenters. The molecule has 0 spiro atoms. The Labute approximate surface area is 145 Å². The molecule has 0 radical (unpaired) electrons. The number of guanidine groups is 1. The van der Waals surface area contributed by atoms with Crippen LogP contribution in [0.4, 0.5) is 0 Å². The van der Waals surface area contributed by atoms with Crippen molar-refractivity contribution in [2.45, 2.75) is 32.9 Å². The second kappa shape index (κ2) is 8.67. The number of benzene rings is 1. The van der Waals surface area contributed by atoms with Crippen LogP contribution in [-0.2, 0) is 13.0 Å². The Morgan fingerprint density at radius 2 is 2.17 bits per heavy atom. The lowest BCUT2D eigenvalue weighted by molar-refractivity contribution is 0.620. The maximum absolute atomic E-state index is 4.28. The molecule has 2 rings (SSSR count). The van der Waals surface area contributed by atoms with Crippen LogP contribution >= 0.6 is 15.9 Å². The molecule has 0 saturated carbocycles. The lowest BCUT2D eigenvalue weighted by Gasteiger charge is -2.19. The number of rotatable bonds is 6. The Kier molecular flexibility index (Phi) is 6.58. The quantitative estimate of drug-likeness (QED) is 0.598. The van der Waals surface area contributed by atoms with E-state index in [2.05, 4.69) is 66.2 Å². The molecule has 0 aliphatic rings. The number of nitrogens with zero attached hydrogens (tertiary/aromatic N) is 4. The van der Waals surface area contributed by atoms with Gasteiger partial charge in [0.15, 0.2) is 5.96 Å². The molecule has 0 fully saturated rings. The Hall–Kier alpha value is -1.89. The van der Waals surface area contributed by atoms with Crippen molar-refractivity contribution >= 4 is 21.9 Å². The average Bonchev–Trinajstić information content (AvgIpc) is 3.01. The molecule has 0 aliphatic heterocycles. The lowest BCUT2D eigenvalue weighted by Crippen LogP contribution is -2.40. The van der Waals surface area contributed by atoms with E-state index < -0.39 is 0 Å². The third-order valence-corrected chi connectivity index (χ3v) is 4.33. The summed E-state index contributed by atoms with van der Waals surface area (Å²) in [6, 6.07) is 8.34. The van der Waals surface area contributed by atoms with E-state index in [9.17, 15) is 0 Å². The van der Waals surface area contributed by atoms with Crippen molar-refractivity contribution in [3.8, 4) is 0 Å². The summed E-state index contributed by atoms with van der Waals surface area (Å²) in [4.78, 5) is 4.28. The molecule has 0 aliphatic carbocycles. The molecule has 7 heteroatoms.